The van der Waals surface area contributed by atoms with Crippen LogP contribution in [-0.4, -0.2) is 18.5 Å². The first-order valence-corrected chi connectivity index (χ1v) is 19.6. The average Bonchev–Trinajstić information content (AvgIpc) is 3.95. The van der Waals surface area contributed by atoms with E-state index in [1.54, 1.807) is 0 Å². The summed E-state index contributed by atoms with van der Waals surface area (Å²) in [6.45, 7) is 0. The van der Waals surface area contributed by atoms with Crippen LogP contribution in [0.5, 0.6) is 0 Å². The van der Waals surface area contributed by atoms with Gasteiger partial charge in [-0.05, 0) is 82.6 Å². The lowest BCUT2D eigenvalue weighted by atomic mass is 9.96. The number of benzene rings is 9. The van der Waals surface area contributed by atoms with Crippen LogP contribution < -0.4 is 0 Å². The number of fused-ring (bicyclic) bond motifs is 17. The maximum atomic E-state index is 5.21. The topological polar surface area (TPSA) is 27.2 Å². The number of imidazole rings is 1. The second-order valence-corrected chi connectivity index (χ2v) is 15.1. The van der Waals surface area contributed by atoms with E-state index in [1.807, 2.05) is 0 Å². The molecular formula is C53H32N4. The minimum atomic E-state index is 0.988. The Morgan fingerprint density at radius 1 is 0.333 bits per heavy atom. The molecule has 0 amide bonds. The van der Waals surface area contributed by atoms with Crippen molar-refractivity contribution < 1.29 is 0 Å². The molecule has 4 heterocycles. The molecule has 0 bridgehead atoms. The van der Waals surface area contributed by atoms with Crippen molar-refractivity contribution in [3.8, 4) is 22.5 Å². The van der Waals surface area contributed by atoms with E-state index in [-0.39, 0.29) is 0 Å². The number of nitrogens with zero attached hydrogens (tertiary/aromatic N) is 4. The Bertz CT molecular complexity index is 3790. The maximum absolute atomic E-state index is 5.21. The van der Waals surface area contributed by atoms with Crippen LogP contribution >= 0.6 is 0 Å². The number of aromatic nitrogens is 4. The summed E-state index contributed by atoms with van der Waals surface area (Å²) < 4.78 is 7.27. The molecule has 4 nitrogen and oxygen atoms in total. The van der Waals surface area contributed by atoms with E-state index in [2.05, 4.69) is 208 Å². The number of para-hydroxylation sites is 5. The molecule has 264 valence electrons. The molecule has 0 unspecified atom stereocenters. The maximum Gasteiger partial charge on any atom is 0.146 e. The average molecular weight is 725 g/mol. The summed E-state index contributed by atoms with van der Waals surface area (Å²) in [5.41, 5.74) is 13.7. The van der Waals surface area contributed by atoms with Crippen molar-refractivity contribution in [3.63, 3.8) is 0 Å². The SMILES string of the molecule is c1ccc(-n2c3ccccc3c3ccc4c5ccccc5n(-c5ccc(-c6ccc7c8c9ccccc9ccc8c8nc9ccccc9n8c7c6)cc5)c4c32)cc1. The minimum Gasteiger partial charge on any atom is -0.307 e. The van der Waals surface area contributed by atoms with Gasteiger partial charge in [0.15, 0.2) is 0 Å². The molecule has 4 aromatic heterocycles. The molecule has 13 aromatic rings. The quantitative estimate of drug-likeness (QED) is 0.167. The molecule has 0 saturated heterocycles. The van der Waals surface area contributed by atoms with Crippen LogP contribution in [-0.2, 0) is 0 Å². The molecule has 0 aliphatic rings. The van der Waals surface area contributed by atoms with Crippen molar-refractivity contribution in [1.82, 2.24) is 18.5 Å². The van der Waals surface area contributed by atoms with Crippen LogP contribution in [0.1, 0.15) is 0 Å². The lowest BCUT2D eigenvalue weighted by molar-refractivity contribution is 1.15. The molecule has 0 spiro atoms. The van der Waals surface area contributed by atoms with Gasteiger partial charge in [0.2, 0.25) is 0 Å². The van der Waals surface area contributed by atoms with Gasteiger partial charge in [0, 0.05) is 49.1 Å². The van der Waals surface area contributed by atoms with Crippen molar-refractivity contribution in [3.05, 3.63) is 194 Å². The fourth-order valence-electron chi connectivity index (χ4n) is 9.72. The first kappa shape index (κ1) is 30.6. The van der Waals surface area contributed by atoms with E-state index >= 15 is 0 Å². The second-order valence-electron chi connectivity index (χ2n) is 15.1. The zero-order valence-corrected chi connectivity index (χ0v) is 30.8. The van der Waals surface area contributed by atoms with E-state index in [9.17, 15) is 0 Å². The molecule has 0 aliphatic carbocycles. The molecule has 0 saturated carbocycles. The molecule has 0 atom stereocenters. The summed E-state index contributed by atoms with van der Waals surface area (Å²) in [6, 6.07) is 70.7. The van der Waals surface area contributed by atoms with Gasteiger partial charge in [0.05, 0.1) is 38.6 Å². The van der Waals surface area contributed by atoms with E-state index in [0.29, 0.717) is 0 Å². The van der Waals surface area contributed by atoms with Gasteiger partial charge in [-0.3, -0.25) is 4.40 Å². The van der Waals surface area contributed by atoms with Gasteiger partial charge in [0.25, 0.3) is 0 Å². The zero-order valence-electron chi connectivity index (χ0n) is 30.8. The van der Waals surface area contributed by atoms with Gasteiger partial charge in [-0.1, -0.05) is 133 Å². The fourth-order valence-corrected chi connectivity index (χ4v) is 9.72. The van der Waals surface area contributed by atoms with Crippen LogP contribution in [0.4, 0.5) is 0 Å². The molecule has 9 aromatic carbocycles. The molecule has 0 radical (unpaired) electrons. The monoisotopic (exact) mass is 724 g/mol. The van der Waals surface area contributed by atoms with Crippen LogP contribution in [0.15, 0.2) is 194 Å². The molecule has 0 N–H and O–H groups in total. The lowest BCUT2D eigenvalue weighted by Gasteiger charge is -2.14. The predicted octanol–water partition coefficient (Wildman–Crippen LogP) is 13.8. The molecule has 4 heteroatoms. The Kier molecular flexibility index (Phi) is 6.13. The number of rotatable bonds is 3. The van der Waals surface area contributed by atoms with Crippen molar-refractivity contribution in [2.75, 3.05) is 0 Å². The predicted molar refractivity (Wildman–Crippen MR) is 239 cm³/mol. The number of hydrogen-bond acceptors (Lipinski definition) is 1. The first-order chi connectivity index (χ1) is 28.3. The minimum absolute atomic E-state index is 0.988. The van der Waals surface area contributed by atoms with Crippen LogP contribution in [0.2, 0.25) is 0 Å². The molecule has 57 heavy (non-hydrogen) atoms. The van der Waals surface area contributed by atoms with Gasteiger partial charge in [0.1, 0.15) is 5.65 Å². The summed E-state index contributed by atoms with van der Waals surface area (Å²) in [5, 5.41) is 11.1. The number of hydrogen-bond donors (Lipinski definition) is 0. The third kappa shape index (κ3) is 4.19. The van der Waals surface area contributed by atoms with Gasteiger partial charge >= 0.3 is 0 Å². The smallest absolute Gasteiger partial charge is 0.146 e. The Morgan fingerprint density at radius 3 is 1.60 bits per heavy atom. The Balaban J connectivity index is 1.06. The van der Waals surface area contributed by atoms with E-state index in [0.717, 1.165) is 33.6 Å². The highest BCUT2D eigenvalue weighted by molar-refractivity contribution is 6.25. The van der Waals surface area contributed by atoms with Crippen LogP contribution in [0.25, 0.3) is 115 Å². The molecule has 0 fully saturated rings. The second kappa shape index (κ2) is 11.4. The number of pyridine rings is 1. The van der Waals surface area contributed by atoms with Crippen LogP contribution in [0, 0.1) is 0 Å². The zero-order chi connectivity index (χ0) is 37.2. The summed E-state index contributed by atoms with van der Waals surface area (Å²) in [7, 11) is 0. The summed E-state index contributed by atoms with van der Waals surface area (Å²) >= 11 is 0. The fraction of sp³-hybridized carbons (Fsp3) is 0. The third-order valence-electron chi connectivity index (χ3n) is 12.2. The highest BCUT2D eigenvalue weighted by atomic mass is 15.0. The summed E-state index contributed by atoms with van der Waals surface area (Å²) in [5.74, 6) is 0. The molecular weight excluding hydrogens is 693 g/mol. The standard InChI is InChI=1S/C53H32N4/c1-2-13-36(14-3-1)55-46-19-9-6-16-39(46)41-30-31-42-40-17-7-10-20-47(40)56(52(42)51(41)55)37-26-22-33(23-27-37)35-25-28-43-49(32-35)57-48-21-11-8-18-45(48)54-53(57)44-29-24-34-12-4-5-15-38(34)50(43)44/h1-32H. The van der Waals surface area contributed by atoms with Crippen molar-refractivity contribution in [1.29, 1.82) is 0 Å². The van der Waals surface area contributed by atoms with Gasteiger partial charge in [-0.15, -0.1) is 0 Å². The van der Waals surface area contributed by atoms with Gasteiger partial charge < -0.3 is 9.13 Å². The van der Waals surface area contributed by atoms with E-state index in [4.69, 9.17) is 4.98 Å². The van der Waals surface area contributed by atoms with E-state index in [1.165, 1.54) is 81.7 Å². The van der Waals surface area contributed by atoms with Gasteiger partial charge in [-0.25, -0.2) is 4.98 Å². The summed E-state index contributed by atoms with van der Waals surface area (Å²) in [4.78, 5) is 5.21. The van der Waals surface area contributed by atoms with Crippen molar-refractivity contribution >= 4 is 92.7 Å². The highest BCUT2D eigenvalue weighted by Gasteiger charge is 2.21. The molecule has 0 aliphatic heterocycles. The van der Waals surface area contributed by atoms with Gasteiger partial charge in [-0.2, -0.15) is 0 Å². The summed E-state index contributed by atoms with van der Waals surface area (Å²) in [6.07, 6.45) is 0. The normalized spacial score (nSPS) is 12.2. The van der Waals surface area contributed by atoms with Crippen molar-refractivity contribution in [2.45, 2.75) is 0 Å². The highest BCUT2D eigenvalue weighted by Crippen LogP contribution is 2.43. The Morgan fingerprint density at radius 2 is 0.877 bits per heavy atom. The third-order valence-corrected chi connectivity index (χ3v) is 12.2. The molecule has 13 rings (SSSR count). The van der Waals surface area contributed by atoms with E-state index < -0.39 is 0 Å². The Hall–Kier alpha value is -7.69. The largest absolute Gasteiger partial charge is 0.307 e. The Labute approximate surface area is 326 Å². The van der Waals surface area contributed by atoms with Crippen molar-refractivity contribution in [2.24, 2.45) is 0 Å². The van der Waals surface area contributed by atoms with Crippen LogP contribution in [0.3, 0.4) is 0 Å². The lowest BCUT2D eigenvalue weighted by Crippen LogP contribution is -1.98. The first-order valence-electron chi connectivity index (χ1n) is 19.6.